The van der Waals surface area contributed by atoms with Crippen LogP contribution in [0.4, 0.5) is 0 Å². The normalized spacial score (nSPS) is 23.1. The number of nitrogens with zero attached hydrogens (tertiary/aromatic N) is 1. The Kier molecular flexibility index (Phi) is 3.83. The summed E-state index contributed by atoms with van der Waals surface area (Å²) in [5.74, 6) is 0.726. The molecule has 1 aliphatic carbocycles. The summed E-state index contributed by atoms with van der Waals surface area (Å²) in [7, 11) is 0. The van der Waals surface area contributed by atoms with Crippen molar-refractivity contribution in [2.24, 2.45) is 0 Å². The Morgan fingerprint density at radius 1 is 1.10 bits per heavy atom. The van der Waals surface area contributed by atoms with Crippen molar-refractivity contribution in [3.63, 3.8) is 0 Å². The van der Waals surface area contributed by atoms with Gasteiger partial charge in [0.25, 0.3) is 0 Å². The minimum Gasteiger partial charge on any atom is -0.306 e. The topological polar surface area (TPSA) is 24.9 Å². The molecule has 1 aromatic heterocycles. The molecule has 104 valence electrons. The van der Waals surface area contributed by atoms with E-state index in [2.05, 4.69) is 60.5 Å². The molecule has 1 heterocycles. The molecule has 0 saturated heterocycles. The minimum absolute atomic E-state index is 0.333. The highest BCUT2D eigenvalue weighted by Crippen LogP contribution is 2.37. The number of hydrogen-bond donors (Lipinski definition) is 1. The molecule has 0 spiro atoms. The van der Waals surface area contributed by atoms with E-state index in [1.54, 1.807) is 0 Å². The number of aryl methyl sites for hydroxylation is 1. The van der Waals surface area contributed by atoms with E-state index in [1.165, 1.54) is 24.0 Å². The fraction of sp³-hybridized carbons (Fsp3) is 0.389. The zero-order valence-corrected chi connectivity index (χ0v) is 12.2. The van der Waals surface area contributed by atoms with Crippen LogP contribution in [0.2, 0.25) is 0 Å². The first-order valence-corrected chi connectivity index (χ1v) is 7.46. The van der Waals surface area contributed by atoms with Gasteiger partial charge in [-0.3, -0.25) is 4.98 Å². The smallest absolute Gasteiger partial charge is 0.0570 e. The molecule has 0 aliphatic heterocycles. The molecule has 1 aliphatic rings. The average molecular weight is 266 g/mol. The molecule has 1 saturated carbocycles. The highest BCUT2D eigenvalue weighted by Gasteiger charge is 2.31. The summed E-state index contributed by atoms with van der Waals surface area (Å²) in [6.45, 7) is 4.34. The van der Waals surface area contributed by atoms with Crippen LogP contribution >= 0.6 is 0 Å². The maximum atomic E-state index is 4.41. The molecule has 20 heavy (non-hydrogen) atoms. The van der Waals surface area contributed by atoms with E-state index >= 15 is 0 Å². The van der Waals surface area contributed by atoms with Crippen LogP contribution in [0.3, 0.4) is 0 Å². The summed E-state index contributed by atoms with van der Waals surface area (Å²) in [6, 6.07) is 16.0. The van der Waals surface area contributed by atoms with Gasteiger partial charge in [0.15, 0.2) is 0 Å². The van der Waals surface area contributed by atoms with Crippen LogP contribution < -0.4 is 5.32 Å². The maximum absolute atomic E-state index is 4.41. The predicted molar refractivity (Wildman–Crippen MR) is 82.7 cm³/mol. The van der Waals surface area contributed by atoms with Crippen molar-refractivity contribution in [3.8, 4) is 0 Å². The number of rotatable bonds is 4. The molecular weight excluding hydrogens is 244 g/mol. The van der Waals surface area contributed by atoms with Crippen molar-refractivity contribution >= 4 is 0 Å². The van der Waals surface area contributed by atoms with Gasteiger partial charge >= 0.3 is 0 Å². The number of hydrogen-bond acceptors (Lipinski definition) is 2. The summed E-state index contributed by atoms with van der Waals surface area (Å²) < 4.78 is 0. The fourth-order valence-electron chi connectivity index (χ4n) is 2.94. The summed E-state index contributed by atoms with van der Waals surface area (Å²) in [5.41, 5.74) is 3.96. The van der Waals surface area contributed by atoms with Crippen molar-refractivity contribution < 1.29 is 0 Å². The van der Waals surface area contributed by atoms with Gasteiger partial charge in [0.1, 0.15) is 0 Å². The van der Waals surface area contributed by atoms with E-state index in [9.17, 15) is 0 Å². The number of benzene rings is 1. The van der Waals surface area contributed by atoms with Crippen LogP contribution in [0.25, 0.3) is 0 Å². The molecule has 0 bridgehead atoms. The van der Waals surface area contributed by atoms with Gasteiger partial charge in [-0.05, 0) is 50.3 Å². The lowest BCUT2D eigenvalue weighted by Gasteiger charge is -2.38. The second kappa shape index (κ2) is 5.76. The van der Waals surface area contributed by atoms with Gasteiger partial charge < -0.3 is 5.32 Å². The van der Waals surface area contributed by atoms with Crippen LogP contribution in [-0.2, 0) is 0 Å². The van der Waals surface area contributed by atoms with Gasteiger partial charge in [0.05, 0.1) is 5.69 Å². The number of aromatic nitrogens is 1. The lowest BCUT2D eigenvalue weighted by atomic mass is 9.75. The molecule has 1 N–H and O–H groups in total. The van der Waals surface area contributed by atoms with Gasteiger partial charge in [0.2, 0.25) is 0 Å². The first kappa shape index (κ1) is 13.3. The van der Waals surface area contributed by atoms with Crippen LogP contribution in [0, 0.1) is 6.92 Å². The van der Waals surface area contributed by atoms with Crippen molar-refractivity contribution in [3.05, 3.63) is 65.5 Å². The van der Waals surface area contributed by atoms with E-state index in [0.717, 1.165) is 11.6 Å². The van der Waals surface area contributed by atoms with Crippen molar-refractivity contribution in [2.45, 2.75) is 44.7 Å². The average Bonchev–Trinajstić information content (AvgIpc) is 2.44. The van der Waals surface area contributed by atoms with Gasteiger partial charge in [-0.25, -0.2) is 0 Å². The monoisotopic (exact) mass is 266 g/mol. The van der Waals surface area contributed by atoms with Gasteiger partial charge in [-0.2, -0.15) is 0 Å². The molecule has 0 unspecified atom stereocenters. The third-order valence-electron chi connectivity index (χ3n) is 4.30. The summed E-state index contributed by atoms with van der Waals surface area (Å²) in [6.07, 6.45) is 4.34. The molecule has 2 heteroatoms. The molecule has 1 atom stereocenters. The SMILES string of the molecule is Cc1ccc(C2CC(N[C@@H](C)c3ccccn3)C2)cc1. The zero-order valence-electron chi connectivity index (χ0n) is 12.2. The van der Waals surface area contributed by atoms with E-state index in [-0.39, 0.29) is 0 Å². The summed E-state index contributed by atoms with van der Waals surface area (Å²) in [4.78, 5) is 4.41. The first-order valence-electron chi connectivity index (χ1n) is 7.46. The number of pyridine rings is 1. The van der Waals surface area contributed by atoms with E-state index in [4.69, 9.17) is 0 Å². The van der Waals surface area contributed by atoms with Crippen LogP contribution in [0.1, 0.15) is 48.5 Å². The van der Waals surface area contributed by atoms with Gasteiger partial charge in [0, 0.05) is 18.3 Å². The highest BCUT2D eigenvalue weighted by atomic mass is 15.0. The maximum Gasteiger partial charge on any atom is 0.0570 e. The zero-order chi connectivity index (χ0) is 13.9. The third kappa shape index (κ3) is 2.91. The lowest BCUT2D eigenvalue weighted by Crippen LogP contribution is -2.41. The molecule has 3 rings (SSSR count). The molecule has 0 radical (unpaired) electrons. The molecule has 0 amide bonds. The highest BCUT2D eigenvalue weighted by molar-refractivity contribution is 5.27. The van der Waals surface area contributed by atoms with Crippen LogP contribution in [-0.4, -0.2) is 11.0 Å². The molecule has 1 fully saturated rings. The molecular formula is C18H22N2. The van der Waals surface area contributed by atoms with Crippen molar-refractivity contribution in [2.75, 3.05) is 0 Å². The predicted octanol–water partition coefficient (Wildman–Crippen LogP) is 3.99. The van der Waals surface area contributed by atoms with Gasteiger partial charge in [-0.15, -0.1) is 0 Å². The Morgan fingerprint density at radius 2 is 1.85 bits per heavy atom. The Morgan fingerprint density at radius 3 is 2.50 bits per heavy atom. The van der Waals surface area contributed by atoms with Crippen molar-refractivity contribution in [1.29, 1.82) is 0 Å². The lowest BCUT2D eigenvalue weighted by molar-refractivity contribution is 0.269. The summed E-state index contributed by atoms with van der Waals surface area (Å²) in [5, 5.41) is 3.68. The largest absolute Gasteiger partial charge is 0.306 e. The van der Waals surface area contributed by atoms with Crippen molar-refractivity contribution in [1.82, 2.24) is 10.3 Å². The molecule has 1 aromatic carbocycles. The summed E-state index contributed by atoms with van der Waals surface area (Å²) >= 11 is 0. The Balaban J connectivity index is 1.52. The Bertz CT molecular complexity index is 541. The molecule has 2 nitrogen and oxygen atoms in total. The first-order chi connectivity index (χ1) is 9.72. The number of nitrogens with one attached hydrogen (secondary N) is 1. The van der Waals surface area contributed by atoms with E-state index in [0.29, 0.717) is 12.1 Å². The van der Waals surface area contributed by atoms with Gasteiger partial charge in [-0.1, -0.05) is 35.9 Å². The Labute approximate surface area is 121 Å². The van der Waals surface area contributed by atoms with E-state index in [1.807, 2.05) is 12.3 Å². The third-order valence-corrected chi connectivity index (χ3v) is 4.30. The minimum atomic E-state index is 0.333. The molecule has 2 aromatic rings. The fourth-order valence-corrected chi connectivity index (χ4v) is 2.94. The van der Waals surface area contributed by atoms with E-state index < -0.39 is 0 Å². The quantitative estimate of drug-likeness (QED) is 0.905. The van der Waals surface area contributed by atoms with Crippen LogP contribution in [0.15, 0.2) is 48.7 Å². The second-order valence-corrected chi connectivity index (χ2v) is 5.92. The Hall–Kier alpha value is -1.67. The van der Waals surface area contributed by atoms with Crippen LogP contribution in [0.5, 0.6) is 0 Å². The second-order valence-electron chi connectivity index (χ2n) is 5.92. The standard InChI is InChI=1S/C18H22N2/c1-13-6-8-15(9-7-13)16-11-17(12-16)20-14(2)18-5-3-4-10-19-18/h3-10,14,16-17,20H,11-12H2,1-2H3/t14-,16?,17?/m0/s1.